The van der Waals surface area contributed by atoms with Crippen LogP contribution >= 0.6 is 27.3 Å². The smallest absolute Gasteiger partial charge is 0.409 e. The quantitative estimate of drug-likeness (QED) is 0.789. The van der Waals surface area contributed by atoms with Crippen molar-refractivity contribution in [3.8, 4) is 0 Å². The van der Waals surface area contributed by atoms with Crippen LogP contribution in [0.1, 0.15) is 30.6 Å². The monoisotopic (exact) mass is 317 g/mol. The highest BCUT2D eigenvalue weighted by Crippen LogP contribution is 2.34. The number of carbonyl (C=O) groups is 1. The second-order valence-corrected chi connectivity index (χ2v) is 6.71. The Hall–Kier alpha value is -0.550. The van der Waals surface area contributed by atoms with Crippen LogP contribution in [-0.4, -0.2) is 30.7 Å². The van der Waals surface area contributed by atoms with Crippen molar-refractivity contribution in [1.82, 2.24) is 4.90 Å². The molecule has 0 aliphatic carbocycles. The topological polar surface area (TPSA) is 29.5 Å². The van der Waals surface area contributed by atoms with E-state index in [9.17, 15) is 4.79 Å². The van der Waals surface area contributed by atoms with Gasteiger partial charge in [-0.1, -0.05) is 13.3 Å². The van der Waals surface area contributed by atoms with Gasteiger partial charge in [0, 0.05) is 23.9 Å². The number of likely N-dealkylation sites (tertiary alicyclic amines) is 1. The Labute approximate surface area is 114 Å². The van der Waals surface area contributed by atoms with Gasteiger partial charge in [0.1, 0.15) is 0 Å². The molecule has 1 aliphatic rings. The molecule has 0 spiro atoms. The molecule has 1 saturated heterocycles. The average Bonchev–Trinajstić information content (AvgIpc) is 2.63. The number of carbonyl (C=O) groups excluding carboxylic acids is 1. The molecule has 0 radical (unpaired) electrons. The van der Waals surface area contributed by atoms with Crippen LogP contribution in [0.3, 0.4) is 0 Å². The first-order valence-electron chi connectivity index (χ1n) is 5.87. The second kappa shape index (κ2) is 5.87. The van der Waals surface area contributed by atoms with Gasteiger partial charge in [-0.15, -0.1) is 11.3 Å². The fourth-order valence-electron chi connectivity index (χ4n) is 1.75. The maximum absolute atomic E-state index is 11.6. The molecule has 1 aliphatic heterocycles. The number of hydrogen-bond donors (Lipinski definition) is 0. The SMILES string of the molecule is CCCCOC(=O)N1CC(c2ccc(Br)s2)C1. The van der Waals surface area contributed by atoms with E-state index in [1.165, 1.54) is 4.88 Å². The van der Waals surface area contributed by atoms with E-state index in [1.54, 1.807) is 16.2 Å². The van der Waals surface area contributed by atoms with Crippen molar-refractivity contribution in [2.45, 2.75) is 25.7 Å². The summed E-state index contributed by atoms with van der Waals surface area (Å²) in [6.45, 7) is 4.21. The first kappa shape index (κ1) is 12.9. The van der Waals surface area contributed by atoms with Gasteiger partial charge in [-0.2, -0.15) is 0 Å². The summed E-state index contributed by atoms with van der Waals surface area (Å²) >= 11 is 5.20. The maximum atomic E-state index is 11.6. The Bertz CT molecular complexity index is 388. The van der Waals surface area contributed by atoms with Gasteiger partial charge in [0.2, 0.25) is 0 Å². The van der Waals surface area contributed by atoms with Crippen LogP contribution in [0.4, 0.5) is 4.79 Å². The van der Waals surface area contributed by atoms with Crippen LogP contribution in [0.25, 0.3) is 0 Å². The van der Waals surface area contributed by atoms with Crippen molar-refractivity contribution in [3.63, 3.8) is 0 Å². The molecule has 1 aromatic heterocycles. The van der Waals surface area contributed by atoms with Crippen molar-refractivity contribution in [2.75, 3.05) is 19.7 Å². The van der Waals surface area contributed by atoms with Crippen molar-refractivity contribution in [2.24, 2.45) is 0 Å². The molecule has 0 unspecified atom stereocenters. The number of amides is 1. The summed E-state index contributed by atoms with van der Waals surface area (Å²) in [5.74, 6) is 0.491. The molecule has 2 heterocycles. The molecule has 0 N–H and O–H groups in total. The molecule has 3 nitrogen and oxygen atoms in total. The number of nitrogens with zero attached hydrogens (tertiary/aromatic N) is 1. The molecule has 5 heteroatoms. The van der Waals surface area contributed by atoms with Crippen LogP contribution in [0.15, 0.2) is 15.9 Å². The molecular weight excluding hydrogens is 302 g/mol. The van der Waals surface area contributed by atoms with E-state index in [0.717, 1.165) is 29.7 Å². The highest BCUT2D eigenvalue weighted by molar-refractivity contribution is 9.11. The lowest BCUT2D eigenvalue weighted by Gasteiger charge is -2.37. The molecule has 2 rings (SSSR count). The Kier molecular flexibility index (Phi) is 4.45. The molecule has 17 heavy (non-hydrogen) atoms. The van der Waals surface area contributed by atoms with Crippen molar-refractivity contribution >= 4 is 33.4 Å². The van der Waals surface area contributed by atoms with Gasteiger partial charge >= 0.3 is 6.09 Å². The zero-order valence-corrected chi connectivity index (χ0v) is 12.2. The molecule has 1 fully saturated rings. The lowest BCUT2D eigenvalue weighted by atomic mass is 9.99. The zero-order valence-electron chi connectivity index (χ0n) is 9.82. The summed E-state index contributed by atoms with van der Waals surface area (Å²) in [6, 6.07) is 4.18. The number of hydrogen-bond acceptors (Lipinski definition) is 3. The number of rotatable bonds is 4. The molecular formula is C12H16BrNO2S. The second-order valence-electron chi connectivity index (χ2n) is 4.21. The molecule has 0 saturated carbocycles. The fraction of sp³-hybridized carbons (Fsp3) is 0.583. The van der Waals surface area contributed by atoms with E-state index < -0.39 is 0 Å². The lowest BCUT2D eigenvalue weighted by molar-refractivity contribution is 0.0711. The highest BCUT2D eigenvalue weighted by Gasteiger charge is 2.33. The number of unbranched alkanes of at least 4 members (excludes halogenated alkanes) is 1. The minimum atomic E-state index is -0.162. The average molecular weight is 318 g/mol. The van der Waals surface area contributed by atoms with Crippen LogP contribution in [0, 0.1) is 0 Å². The summed E-state index contributed by atoms with van der Waals surface area (Å²) in [4.78, 5) is 14.7. The van der Waals surface area contributed by atoms with Crippen molar-refractivity contribution < 1.29 is 9.53 Å². The van der Waals surface area contributed by atoms with Gasteiger partial charge in [-0.05, 0) is 34.5 Å². The Morgan fingerprint density at radius 3 is 2.94 bits per heavy atom. The van der Waals surface area contributed by atoms with Crippen LogP contribution in [-0.2, 0) is 4.74 Å². The Balaban J connectivity index is 1.73. The molecule has 1 amide bonds. The maximum Gasteiger partial charge on any atom is 0.409 e. The van der Waals surface area contributed by atoms with Gasteiger partial charge in [-0.3, -0.25) is 0 Å². The minimum Gasteiger partial charge on any atom is -0.449 e. The predicted molar refractivity (Wildman–Crippen MR) is 72.6 cm³/mol. The van der Waals surface area contributed by atoms with E-state index in [0.29, 0.717) is 12.5 Å². The third-order valence-electron chi connectivity index (χ3n) is 2.86. The number of thiophene rings is 1. The van der Waals surface area contributed by atoms with Gasteiger partial charge in [0.15, 0.2) is 0 Å². The zero-order chi connectivity index (χ0) is 12.3. The summed E-state index contributed by atoms with van der Waals surface area (Å²) in [5.41, 5.74) is 0. The first-order valence-corrected chi connectivity index (χ1v) is 7.48. The van der Waals surface area contributed by atoms with E-state index in [1.807, 2.05) is 0 Å². The lowest BCUT2D eigenvalue weighted by Crippen LogP contribution is -2.48. The van der Waals surface area contributed by atoms with Gasteiger partial charge in [0.25, 0.3) is 0 Å². The predicted octanol–water partition coefficient (Wildman–Crippen LogP) is 3.85. The van der Waals surface area contributed by atoms with E-state index >= 15 is 0 Å². The van der Waals surface area contributed by atoms with Gasteiger partial charge < -0.3 is 9.64 Å². The molecule has 0 bridgehead atoms. The van der Waals surface area contributed by atoms with Crippen LogP contribution in [0.2, 0.25) is 0 Å². The normalized spacial score (nSPS) is 15.8. The highest BCUT2D eigenvalue weighted by atomic mass is 79.9. The molecule has 94 valence electrons. The number of halogens is 1. The van der Waals surface area contributed by atoms with E-state index in [2.05, 4.69) is 35.0 Å². The summed E-state index contributed by atoms with van der Waals surface area (Å²) < 4.78 is 6.31. The molecule has 0 atom stereocenters. The van der Waals surface area contributed by atoms with Gasteiger partial charge in [-0.25, -0.2) is 4.79 Å². The van der Waals surface area contributed by atoms with E-state index in [-0.39, 0.29) is 6.09 Å². The number of ether oxygens (including phenoxy) is 1. The Morgan fingerprint density at radius 1 is 1.59 bits per heavy atom. The van der Waals surface area contributed by atoms with Crippen LogP contribution in [0.5, 0.6) is 0 Å². The van der Waals surface area contributed by atoms with E-state index in [4.69, 9.17) is 4.74 Å². The first-order chi connectivity index (χ1) is 8.20. The summed E-state index contributed by atoms with van der Waals surface area (Å²) in [6.07, 6.45) is 1.84. The third kappa shape index (κ3) is 3.22. The summed E-state index contributed by atoms with van der Waals surface area (Å²) in [7, 11) is 0. The van der Waals surface area contributed by atoms with Gasteiger partial charge in [0.05, 0.1) is 10.4 Å². The standard InChI is InChI=1S/C12H16BrNO2S/c1-2-3-6-16-12(15)14-7-9(8-14)10-4-5-11(13)17-10/h4-5,9H,2-3,6-8H2,1H3. The van der Waals surface area contributed by atoms with Crippen molar-refractivity contribution in [1.29, 1.82) is 0 Å². The minimum absolute atomic E-state index is 0.162. The Morgan fingerprint density at radius 2 is 2.35 bits per heavy atom. The molecule has 1 aromatic rings. The molecule has 0 aromatic carbocycles. The fourth-order valence-corrected chi connectivity index (χ4v) is 3.26. The van der Waals surface area contributed by atoms with Crippen LogP contribution < -0.4 is 0 Å². The van der Waals surface area contributed by atoms with Crippen molar-refractivity contribution in [3.05, 3.63) is 20.8 Å². The summed E-state index contributed by atoms with van der Waals surface area (Å²) in [5, 5.41) is 0. The largest absolute Gasteiger partial charge is 0.449 e. The third-order valence-corrected chi connectivity index (χ3v) is 4.65.